The van der Waals surface area contributed by atoms with E-state index < -0.39 is 35.7 Å². The number of carboxylic acid groups (broad SMARTS) is 2. The molecule has 1 rings (SSSR count). The van der Waals surface area contributed by atoms with Crippen LogP contribution in [0.3, 0.4) is 0 Å². The normalized spacial score (nSPS) is 32.2. The van der Waals surface area contributed by atoms with Gasteiger partial charge in [0.2, 0.25) is 0 Å². The molecule has 3 atom stereocenters. The second-order valence-electron chi connectivity index (χ2n) is 2.88. The molecule has 0 unspecified atom stereocenters. The van der Waals surface area contributed by atoms with Crippen molar-refractivity contribution in [2.45, 2.75) is 12.0 Å². The molecule has 0 spiro atoms. The van der Waals surface area contributed by atoms with Gasteiger partial charge in [-0.25, -0.2) is 8.78 Å². The summed E-state index contributed by atoms with van der Waals surface area (Å²) < 4.78 is 25.2. The maximum Gasteiger partial charge on any atom is 0.321 e. The Balaban J connectivity index is 2.76. The van der Waals surface area contributed by atoms with Gasteiger partial charge >= 0.3 is 11.9 Å². The van der Waals surface area contributed by atoms with Crippen LogP contribution in [0.1, 0.15) is 0 Å². The zero-order valence-electron chi connectivity index (χ0n) is 6.28. The molecule has 4 N–H and O–H groups in total. The summed E-state index contributed by atoms with van der Waals surface area (Å²) in [6, 6.07) is -1.82. The van der Waals surface area contributed by atoms with Crippen LogP contribution in [0, 0.1) is 11.8 Å². The molecule has 0 bridgehead atoms. The number of hydrogen-bond donors (Lipinski definition) is 3. The standard InChI is InChI=1S/C6H7F2NO4/c7-6(8)1(2(6)4(10)11)3(9)5(12)13/h1-3H,9H2,(H,10,11)(H,12,13)/t1-,2+,3+/m0/s1. The Bertz CT molecular complexity index is 267. The Labute approximate surface area is 71.1 Å². The van der Waals surface area contributed by atoms with Gasteiger partial charge < -0.3 is 15.9 Å². The van der Waals surface area contributed by atoms with Gasteiger partial charge in [0.15, 0.2) is 0 Å². The van der Waals surface area contributed by atoms with Gasteiger partial charge in [-0.15, -0.1) is 0 Å². The molecule has 5 nitrogen and oxygen atoms in total. The highest BCUT2D eigenvalue weighted by molar-refractivity contribution is 5.81. The highest BCUT2D eigenvalue weighted by atomic mass is 19.3. The second kappa shape index (κ2) is 2.63. The van der Waals surface area contributed by atoms with E-state index in [-0.39, 0.29) is 0 Å². The lowest BCUT2D eigenvalue weighted by Gasteiger charge is -2.02. The zero-order chi connectivity index (χ0) is 10.4. The van der Waals surface area contributed by atoms with E-state index in [0.29, 0.717) is 0 Å². The number of nitrogens with two attached hydrogens (primary N) is 1. The zero-order valence-corrected chi connectivity index (χ0v) is 6.28. The number of rotatable bonds is 3. The van der Waals surface area contributed by atoms with Crippen LogP contribution in [0.2, 0.25) is 0 Å². The van der Waals surface area contributed by atoms with Crippen LogP contribution in [0.5, 0.6) is 0 Å². The summed E-state index contributed by atoms with van der Waals surface area (Å²) >= 11 is 0. The number of alkyl halides is 2. The maximum atomic E-state index is 12.6. The second-order valence-corrected chi connectivity index (χ2v) is 2.88. The van der Waals surface area contributed by atoms with Crippen molar-refractivity contribution >= 4 is 11.9 Å². The van der Waals surface area contributed by atoms with Crippen LogP contribution in [0.15, 0.2) is 0 Å². The highest BCUT2D eigenvalue weighted by Crippen LogP contribution is 2.56. The molecule has 0 aromatic carbocycles. The molecular weight excluding hydrogens is 188 g/mol. The fraction of sp³-hybridized carbons (Fsp3) is 0.667. The maximum absolute atomic E-state index is 12.6. The molecule has 1 aliphatic rings. The lowest BCUT2D eigenvalue weighted by molar-refractivity contribution is -0.141. The number of aliphatic carboxylic acids is 2. The number of halogens is 2. The minimum Gasteiger partial charge on any atom is -0.481 e. The van der Waals surface area contributed by atoms with Crippen molar-refractivity contribution in [3.05, 3.63) is 0 Å². The molecule has 13 heavy (non-hydrogen) atoms. The van der Waals surface area contributed by atoms with E-state index in [1.54, 1.807) is 0 Å². The molecule has 0 aliphatic heterocycles. The van der Waals surface area contributed by atoms with E-state index in [4.69, 9.17) is 15.9 Å². The number of hydrogen-bond acceptors (Lipinski definition) is 3. The molecule has 0 heterocycles. The first kappa shape index (κ1) is 9.85. The highest BCUT2D eigenvalue weighted by Gasteiger charge is 2.75. The van der Waals surface area contributed by atoms with Gasteiger partial charge in [-0.1, -0.05) is 0 Å². The number of carboxylic acids is 2. The van der Waals surface area contributed by atoms with Crippen molar-refractivity contribution in [1.82, 2.24) is 0 Å². The largest absolute Gasteiger partial charge is 0.481 e. The predicted molar refractivity (Wildman–Crippen MR) is 35.2 cm³/mol. The average molecular weight is 195 g/mol. The van der Waals surface area contributed by atoms with Crippen LogP contribution < -0.4 is 5.73 Å². The van der Waals surface area contributed by atoms with Gasteiger partial charge in [-0.2, -0.15) is 0 Å². The fourth-order valence-electron chi connectivity index (χ4n) is 1.27. The van der Waals surface area contributed by atoms with Crippen molar-refractivity contribution in [1.29, 1.82) is 0 Å². The van der Waals surface area contributed by atoms with Crippen molar-refractivity contribution in [2.24, 2.45) is 17.6 Å². The van der Waals surface area contributed by atoms with Gasteiger partial charge in [-0.05, 0) is 0 Å². The van der Waals surface area contributed by atoms with E-state index in [1.165, 1.54) is 0 Å². The Morgan fingerprint density at radius 3 is 2.08 bits per heavy atom. The van der Waals surface area contributed by atoms with Crippen molar-refractivity contribution < 1.29 is 28.6 Å². The molecule has 0 saturated heterocycles. The summed E-state index contributed by atoms with van der Waals surface area (Å²) in [6.45, 7) is 0. The molecule has 74 valence electrons. The Morgan fingerprint density at radius 2 is 1.85 bits per heavy atom. The quantitative estimate of drug-likeness (QED) is 0.556. The lowest BCUT2D eigenvalue weighted by Crippen LogP contribution is -2.34. The summed E-state index contributed by atoms with van der Waals surface area (Å²) in [4.78, 5) is 20.4. The van der Waals surface area contributed by atoms with Gasteiger partial charge in [0.25, 0.3) is 5.92 Å². The van der Waals surface area contributed by atoms with Crippen LogP contribution in [0.25, 0.3) is 0 Å². The molecule has 1 aliphatic carbocycles. The SMILES string of the molecule is N[C@@H](C(=O)O)[C@@H]1[C@H](C(=O)O)C1(F)F. The topological polar surface area (TPSA) is 101 Å². The Hall–Kier alpha value is -1.24. The smallest absolute Gasteiger partial charge is 0.321 e. The van der Waals surface area contributed by atoms with Crippen LogP contribution in [-0.2, 0) is 9.59 Å². The fourth-order valence-corrected chi connectivity index (χ4v) is 1.27. The van der Waals surface area contributed by atoms with Crippen LogP contribution in [-0.4, -0.2) is 34.1 Å². The molecule has 0 aromatic rings. The predicted octanol–water partition coefficient (Wildman–Crippen LogP) is -0.636. The summed E-state index contributed by atoms with van der Waals surface area (Å²) in [7, 11) is 0. The third-order valence-corrected chi connectivity index (χ3v) is 2.05. The molecule has 1 saturated carbocycles. The van der Waals surface area contributed by atoms with Gasteiger partial charge in [0, 0.05) is 0 Å². The molecule has 1 fully saturated rings. The minimum atomic E-state index is -3.50. The van der Waals surface area contributed by atoms with Crippen molar-refractivity contribution in [2.75, 3.05) is 0 Å². The summed E-state index contributed by atoms with van der Waals surface area (Å²) in [5, 5.41) is 16.5. The Kier molecular flexibility index (Phi) is 1.99. The molecular formula is C6H7F2NO4. The van der Waals surface area contributed by atoms with E-state index in [2.05, 4.69) is 0 Å². The monoisotopic (exact) mass is 195 g/mol. The average Bonchev–Trinajstić information content (AvgIpc) is 2.51. The van der Waals surface area contributed by atoms with Crippen LogP contribution >= 0.6 is 0 Å². The lowest BCUT2D eigenvalue weighted by atomic mass is 10.1. The third kappa shape index (κ3) is 1.35. The van der Waals surface area contributed by atoms with Crippen molar-refractivity contribution in [3.63, 3.8) is 0 Å². The molecule has 0 amide bonds. The van der Waals surface area contributed by atoms with Gasteiger partial charge in [0.1, 0.15) is 12.0 Å². The van der Waals surface area contributed by atoms with Gasteiger partial charge in [0.05, 0.1) is 5.92 Å². The van der Waals surface area contributed by atoms with E-state index in [9.17, 15) is 18.4 Å². The van der Waals surface area contributed by atoms with E-state index in [0.717, 1.165) is 0 Å². The third-order valence-electron chi connectivity index (χ3n) is 2.05. The van der Waals surface area contributed by atoms with Crippen LogP contribution in [0.4, 0.5) is 8.78 Å². The minimum absolute atomic E-state index is 1.62. The van der Waals surface area contributed by atoms with Crippen molar-refractivity contribution in [3.8, 4) is 0 Å². The van der Waals surface area contributed by atoms with E-state index in [1.807, 2.05) is 0 Å². The molecule has 0 aromatic heterocycles. The first-order chi connectivity index (χ1) is 5.80. The summed E-state index contributed by atoms with van der Waals surface area (Å²) in [5.41, 5.74) is 4.88. The van der Waals surface area contributed by atoms with Gasteiger partial charge in [-0.3, -0.25) is 9.59 Å². The first-order valence-corrected chi connectivity index (χ1v) is 3.39. The summed E-state index contributed by atoms with van der Waals surface area (Å²) in [6.07, 6.45) is 0. The first-order valence-electron chi connectivity index (χ1n) is 3.39. The number of carbonyl (C=O) groups is 2. The van der Waals surface area contributed by atoms with E-state index >= 15 is 0 Å². The molecule has 7 heteroatoms. The Morgan fingerprint density at radius 1 is 1.38 bits per heavy atom. The molecule has 0 radical (unpaired) electrons. The summed E-state index contributed by atoms with van der Waals surface area (Å²) in [5.74, 6) is -10.6.